The molecule has 0 aliphatic carbocycles. The molecule has 1 aliphatic rings. The number of carbonyl (C=O) groups is 1. The van der Waals surface area contributed by atoms with Gasteiger partial charge in [0.05, 0.1) is 7.11 Å². The first-order chi connectivity index (χ1) is 13.3. The van der Waals surface area contributed by atoms with Gasteiger partial charge in [0.2, 0.25) is 0 Å². The summed E-state index contributed by atoms with van der Waals surface area (Å²) in [7, 11) is 3.21. The molecule has 0 atom stereocenters. The predicted octanol–water partition coefficient (Wildman–Crippen LogP) is 4.16. The maximum absolute atomic E-state index is 14.1. The summed E-state index contributed by atoms with van der Waals surface area (Å²) in [5.74, 6) is -0.405. The van der Waals surface area contributed by atoms with Crippen molar-refractivity contribution in [2.45, 2.75) is 64.6 Å². The minimum Gasteiger partial charge on any atom is -0.471 e. The Labute approximate surface area is 177 Å². The van der Waals surface area contributed by atoms with Crippen LogP contribution in [-0.2, 0) is 9.53 Å². The van der Waals surface area contributed by atoms with Crippen LogP contribution in [0.25, 0.3) is 0 Å². The fourth-order valence-corrected chi connectivity index (χ4v) is 4.50. The zero-order valence-electron chi connectivity index (χ0n) is 18.4. The average Bonchev–Trinajstić information content (AvgIpc) is 2.58. The van der Waals surface area contributed by atoms with Gasteiger partial charge >= 0.3 is 0 Å². The summed E-state index contributed by atoms with van der Waals surface area (Å²) in [6.45, 7) is 10.9. The van der Waals surface area contributed by atoms with Crippen molar-refractivity contribution in [2.24, 2.45) is 0 Å². The van der Waals surface area contributed by atoms with Crippen molar-refractivity contribution in [3.05, 3.63) is 35.1 Å². The molecule has 29 heavy (non-hydrogen) atoms. The standard InChI is InChI=1S/C19H29FN4S.C2H4O2/c1-12-7-8-14(15(20)9-12)16(21)25-17(22)24(6)13-10-18(2,3)23-19(4,5)11-13;1-4-2-3/h7-9,13,21-23H,10-11H2,1-6H3;2H,1H3. The van der Waals surface area contributed by atoms with Crippen molar-refractivity contribution in [3.8, 4) is 0 Å². The number of nitrogens with zero attached hydrogens (tertiary/aromatic N) is 1. The van der Waals surface area contributed by atoms with Gasteiger partial charge in [0.15, 0.2) is 5.17 Å². The third-order valence-electron chi connectivity index (χ3n) is 4.70. The largest absolute Gasteiger partial charge is 0.471 e. The van der Waals surface area contributed by atoms with Crippen LogP contribution < -0.4 is 5.32 Å². The molecule has 0 spiro atoms. The number of aryl methyl sites for hydroxylation is 1. The lowest BCUT2D eigenvalue weighted by Gasteiger charge is -2.49. The van der Waals surface area contributed by atoms with E-state index in [1.807, 2.05) is 18.9 Å². The van der Waals surface area contributed by atoms with E-state index >= 15 is 0 Å². The van der Waals surface area contributed by atoms with Crippen LogP contribution in [0.2, 0.25) is 0 Å². The smallest absolute Gasteiger partial charge is 0.292 e. The van der Waals surface area contributed by atoms with Gasteiger partial charge in [0.1, 0.15) is 10.9 Å². The summed E-state index contributed by atoms with van der Waals surface area (Å²) in [6, 6.07) is 5.04. The number of nitrogens with one attached hydrogen (secondary N) is 3. The van der Waals surface area contributed by atoms with Crippen molar-refractivity contribution in [3.63, 3.8) is 0 Å². The van der Waals surface area contributed by atoms with Crippen LogP contribution in [0.1, 0.15) is 51.7 Å². The van der Waals surface area contributed by atoms with Crippen molar-refractivity contribution in [1.82, 2.24) is 10.2 Å². The van der Waals surface area contributed by atoms with Gasteiger partial charge in [-0.3, -0.25) is 15.6 Å². The van der Waals surface area contributed by atoms with E-state index in [1.165, 1.54) is 13.2 Å². The van der Waals surface area contributed by atoms with Crippen LogP contribution in [0.5, 0.6) is 0 Å². The molecule has 1 heterocycles. The van der Waals surface area contributed by atoms with Gasteiger partial charge in [-0.05, 0) is 76.9 Å². The summed E-state index contributed by atoms with van der Waals surface area (Å²) < 4.78 is 17.9. The van der Waals surface area contributed by atoms with Crippen LogP contribution >= 0.6 is 11.8 Å². The number of halogens is 1. The molecular weight excluding hydrogens is 391 g/mol. The van der Waals surface area contributed by atoms with Gasteiger partial charge in [0.25, 0.3) is 6.47 Å². The number of methoxy groups -OCH3 is 1. The zero-order valence-corrected chi connectivity index (χ0v) is 19.2. The van der Waals surface area contributed by atoms with Crippen LogP contribution in [0.4, 0.5) is 4.39 Å². The second-order valence-electron chi connectivity index (χ2n) is 8.62. The Balaban J connectivity index is 0.000000960. The van der Waals surface area contributed by atoms with E-state index in [2.05, 4.69) is 37.7 Å². The zero-order chi connectivity index (χ0) is 22.4. The molecule has 1 aliphatic heterocycles. The Morgan fingerprint density at radius 2 is 1.79 bits per heavy atom. The lowest BCUT2D eigenvalue weighted by molar-refractivity contribution is -0.126. The Bertz CT molecular complexity index is 736. The Morgan fingerprint density at radius 3 is 2.24 bits per heavy atom. The molecule has 2 rings (SSSR count). The van der Waals surface area contributed by atoms with Crippen molar-refractivity contribution >= 4 is 28.4 Å². The molecule has 1 fully saturated rings. The number of amidine groups is 1. The van der Waals surface area contributed by atoms with Crippen molar-refractivity contribution in [2.75, 3.05) is 14.2 Å². The molecule has 6 nitrogen and oxygen atoms in total. The van der Waals surface area contributed by atoms with Crippen molar-refractivity contribution < 1.29 is 13.9 Å². The molecule has 1 aromatic carbocycles. The molecule has 3 N–H and O–H groups in total. The predicted molar refractivity (Wildman–Crippen MR) is 118 cm³/mol. The summed E-state index contributed by atoms with van der Waals surface area (Å²) in [5.41, 5.74) is 1.05. The molecule has 1 aromatic rings. The number of benzene rings is 1. The van der Waals surface area contributed by atoms with E-state index in [9.17, 15) is 4.39 Å². The number of ether oxygens (including phenoxy) is 1. The number of piperidine rings is 1. The molecule has 0 saturated carbocycles. The third kappa shape index (κ3) is 7.78. The highest BCUT2D eigenvalue weighted by molar-refractivity contribution is 8.26. The minimum atomic E-state index is -0.405. The van der Waals surface area contributed by atoms with Gasteiger partial charge in [-0.2, -0.15) is 0 Å². The average molecular weight is 425 g/mol. The molecule has 0 amide bonds. The van der Waals surface area contributed by atoms with E-state index in [4.69, 9.17) is 15.6 Å². The fraction of sp³-hybridized carbons (Fsp3) is 0.571. The van der Waals surface area contributed by atoms with Crippen LogP contribution in [0.15, 0.2) is 18.2 Å². The minimum absolute atomic E-state index is 0.0117. The first-order valence-corrected chi connectivity index (χ1v) is 10.2. The molecule has 0 radical (unpaired) electrons. The highest BCUT2D eigenvalue weighted by Crippen LogP contribution is 2.32. The SMILES string of the molecule is COC=O.Cc1ccc(C(=N)SC(=N)N(C)C2CC(C)(C)NC(C)(C)C2)c(F)c1. The highest BCUT2D eigenvalue weighted by atomic mass is 32.2. The number of carbonyl (C=O) groups excluding carboxylic acids is 1. The molecule has 8 heteroatoms. The second kappa shape index (κ2) is 10.2. The molecule has 162 valence electrons. The van der Waals surface area contributed by atoms with Crippen molar-refractivity contribution in [1.29, 1.82) is 10.8 Å². The number of thioether (sulfide) groups is 1. The van der Waals surface area contributed by atoms with Crippen LogP contribution in [-0.4, -0.2) is 52.9 Å². The third-order valence-corrected chi connectivity index (χ3v) is 5.61. The normalized spacial score (nSPS) is 17.5. The van der Waals surface area contributed by atoms with Gasteiger partial charge in [-0.1, -0.05) is 6.07 Å². The number of rotatable bonds is 3. The quantitative estimate of drug-likeness (QED) is 0.385. The van der Waals surface area contributed by atoms with Gasteiger partial charge in [-0.15, -0.1) is 0 Å². The maximum atomic E-state index is 14.1. The van der Waals surface area contributed by atoms with E-state index in [0.717, 1.165) is 30.2 Å². The summed E-state index contributed by atoms with van der Waals surface area (Å²) >= 11 is 1.01. The lowest BCUT2D eigenvalue weighted by atomic mass is 9.79. The van der Waals surface area contributed by atoms with Gasteiger partial charge in [-0.25, -0.2) is 4.39 Å². The van der Waals surface area contributed by atoms with Gasteiger partial charge < -0.3 is 15.0 Å². The molecular formula is C21H33FN4O2S. The fourth-order valence-electron chi connectivity index (χ4n) is 3.74. The second-order valence-corrected chi connectivity index (χ2v) is 9.62. The molecule has 0 unspecified atom stereocenters. The summed E-state index contributed by atoms with van der Waals surface area (Å²) in [4.78, 5) is 10.9. The maximum Gasteiger partial charge on any atom is 0.292 e. The Hall–Kier alpha value is -1.93. The molecule has 0 bridgehead atoms. The van der Waals surface area contributed by atoms with E-state index in [-0.39, 0.29) is 32.9 Å². The molecule has 1 saturated heterocycles. The monoisotopic (exact) mass is 424 g/mol. The molecule has 0 aromatic heterocycles. The first-order valence-electron chi connectivity index (χ1n) is 9.42. The summed E-state index contributed by atoms with van der Waals surface area (Å²) in [6.07, 6.45) is 1.84. The topological polar surface area (TPSA) is 89.3 Å². The van der Waals surface area contributed by atoms with E-state index < -0.39 is 5.82 Å². The van der Waals surface area contributed by atoms with Gasteiger partial charge in [0, 0.05) is 29.7 Å². The Morgan fingerprint density at radius 1 is 1.28 bits per heavy atom. The Kier molecular flexibility index (Phi) is 8.84. The number of hydrogen-bond donors (Lipinski definition) is 3. The van der Waals surface area contributed by atoms with E-state index in [1.54, 1.807) is 12.1 Å². The van der Waals surface area contributed by atoms with Crippen LogP contribution in [0.3, 0.4) is 0 Å². The highest BCUT2D eigenvalue weighted by Gasteiger charge is 2.39. The first kappa shape index (κ1) is 25.1. The van der Waals surface area contributed by atoms with Crippen LogP contribution in [0, 0.1) is 23.6 Å². The number of hydrogen-bond acceptors (Lipinski definition) is 6. The lowest BCUT2D eigenvalue weighted by Crippen LogP contribution is -2.62. The van der Waals surface area contributed by atoms with E-state index in [0.29, 0.717) is 6.47 Å². The summed E-state index contributed by atoms with van der Waals surface area (Å²) in [5, 5.41) is 20.6.